The fourth-order valence-electron chi connectivity index (χ4n) is 7.12. The van der Waals surface area contributed by atoms with E-state index in [0.717, 1.165) is 76.9 Å². The first-order valence-corrected chi connectivity index (χ1v) is 14.9. The van der Waals surface area contributed by atoms with Gasteiger partial charge in [0.15, 0.2) is 0 Å². The number of fused-ring (bicyclic) bond motifs is 10. The molecule has 0 amide bonds. The predicted molar refractivity (Wildman–Crippen MR) is 181 cm³/mol. The number of hydrogen-bond donors (Lipinski definition) is 0. The van der Waals surface area contributed by atoms with Gasteiger partial charge in [-0.1, -0.05) is 59.7 Å². The smallest absolute Gasteiger partial charge is 0.145 e. The normalized spacial score (nSPS) is 11.7. The van der Waals surface area contributed by atoms with Gasteiger partial charge in [-0.05, 0) is 74.5 Å². The molecular formula is C40H24N4O. The highest BCUT2D eigenvalue weighted by Crippen LogP contribution is 2.43. The number of hydrogen-bond acceptors (Lipinski definition) is 3. The number of benzene rings is 6. The van der Waals surface area contributed by atoms with Crippen LogP contribution >= 0.6 is 0 Å². The molecule has 45 heavy (non-hydrogen) atoms. The summed E-state index contributed by atoms with van der Waals surface area (Å²) in [4.78, 5) is 0. The zero-order valence-corrected chi connectivity index (χ0v) is 24.6. The molecule has 0 atom stereocenters. The quantitative estimate of drug-likeness (QED) is 0.206. The number of rotatable bonds is 2. The van der Waals surface area contributed by atoms with Crippen LogP contribution in [-0.4, -0.2) is 9.13 Å². The van der Waals surface area contributed by atoms with Gasteiger partial charge in [-0.2, -0.15) is 10.5 Å². The molecule has 5 nitrogen and oxygen atoms in total. The van der Waals surface area contributed by atoms with E-state index in [1.165, 1.54) is 11.1 Å². The molecule has 5 heteroatoms. The Labute approximate surface area is 258 Å². The second kappa shape index (κ2) is 9.10. The van der Waals surface area contributed by atoms with Gasteiger partial charge in [0.2, 0.25) is 0 Å². The van der Waals surface area contributed by atoms with Gasteiger partial charge in [0.1, 0.15) is 23.3 Å². The molecule has 6 aromatic carbocycles. The van der Waals surface area contributed by atoms with Gasteiger partial charge in [-0.15, -0.1) is 0 Å². The molecule has 0 aliphatic carbocycles. The monoisotopic (exact) mass is 576 g/mol. The maximum Gasteiger partial charge on any atom is 0.145 e. The van der Waals surface area contributed by atoms with Crippen molar-refractivity contribution in [1.82, 2.24) is 9.13 Å². The summed E-state index contributed by atoms with van der Waals surface area (Å²) in [6.07, 6.45) is 0. The average molecular weight is 577 g/mol. The van der Waals surface area contributed by atoms with Crippen molar-refractivity contribution >= 4 is 65.6 Å². The molecule has 9 rings (SSSR count). The second-order valence-electron chi connectivity index (χ2n) is 11.8. The summed E-state index contributed by atoms with van der Waals surface area (Å²) in [6, 6.07) is 42.0. The van der Waals surface area contributed by atoms with Crippen LogP contribution in [0.2, 0.25) is 0 Å². The summed E-state index contributed by atoms with van der Waals surface area (Å²) in [6.45, 7) is 4.21. The summed E-state index contributed by atoms with van der Waals surface area (Å²) < 4.78 is 11.0. The van der Waals surface area contributed by atoms with E-state index in [2.05, 4.69) is 102 Å². The van der Waals surface area contributed by atoms with Gasteiger partial charge in [0.05, 0.1) is 50.0 Å². The van der Waals surface area contributed by atoms with Crippen molar-refractivity contribution in [3.8, 4) is 23.5 Å². The lowest BCUT2D eigenvalue weighted by Crippen LogP contribution is -2.05. The number of nitrogens with zero attached hydrogens (tertiary/aromatic N) is 4. The molecule has 0 radical (unpaired) electrons. The molecule has 0 saturated carbocycles. The predicted octanol–water partition coefficient (Wildman–Crippen LogP) is 10.1. The third-order valence-electron chi connectivity index (χ3n) is 9.09. The fraction of sp³-hybridized carbons (Fsp3) is 0.0500. The van der Waals surface area contributed by atoms with E-state index in [4.69, 9.17) is 4.42 Å². The zero-order valence-electron chi connectivity index (χ0n) is 24.6. The van der Waals surface area contributed by atoms with E-state index in [0.29, 0.717) is 11.1 Å². The molecule has 0 bridgehead atoms. The fourth-order valence-corrected chi connectivity index (χ4v) is 7.12. The van der Waals surface area contributed by atoms with Crippen LogP contribution in [0.3, 0.4) is 0 Å². The van der Waals surface area contributed by atoms with Crippen molar-refractivity contribution < 1.29 is 4.42 Å². The first-order chi connectivity index (χ1) is 22.1. The Balaban J connectivity index is 1.49. The van der Waals surface area contributed by atoms with Crippen molar-refractivity contribution in [2.24, 2.45) is 0 Å². The second-order valence-corrected chi connectivity index (χ2v) is 11.8. The number of aryl methyl sites for hydroxylation is 2. The minimum atomic E-state index is 0.333. The summed E-state index contributed by atoms with van der Waals surface area (Å²) >= 11 is 0. The Bertz CT molecular complexity index is 2750. The van der Waals surface area contributed by atoms with Crippen LogP contribution < -0.4 is 0 Å². The summed E-state index contributed by atoms with van der Waals surface area (Å²) in [5.74, 6) is 0. The molecular weight excluding hydrogens is 552 g/mol. The Morgan fingerprint density at radius 3 is 1.69 bits per heavy atom. The maximum atomic E-state index is 10.2. The molecule has 3 aromatic heterocycles. The van der Waals surface area contributed by atoms with Gasteiger partial charge in [-0.3, -0.25) is 0 Å². The lowest BCUT2D eigenvalue weighted by atomic mass is 10.1. The number of nitriles is 2. The zero-order chi connectivity index (χ0) is 30.4. The van der Waals surface area contributed by atoms with Gasteiger partial charge in [0.25, 0.3) is 0 Å². The van der Waals surface area contributed by atoms with Crippen molar-refractivity contribution in [3.63, 3.8) is 0 Å². The number of furan rings is 1. The number of aromatic nitrogens is 2. The van der Waals surface area contributed by atoms with Gasteiger partial charge < -0.3 is 13.6 Å². The van der Waals surface area contributed by atoms with Crippen LogP contribution in [0.5, 0.6) is 0 Å². The Morgan fingerprint density at radius 2 is 1.04 bits per heavy atom. The van der Waals surface area contributed by atoms with Gasteiger partial charge >= 0.3 is 0 Å². The largest absolute Gasteiger partial charge is 0.455 e. The highest BCUT2D eigenvalue weighted by molar-refractivity contribution is 6.24. The summed E-state index contributed by atoms with van der Waals surface area (Å²) in [5, 5.41) is 26.9. The van der Waals surface area contributed by atoms with E-state index in [1.54, 1.807) is 0 Å². The third-order valence-corrected chi connectivity index (χ3v) is 9.09. The molecule has 0 unspecified atom stereocenters. The molecule has 0 spiro atoms. The maximum absolute atomic E-state index is 10.2. The van der Waals surface area contributed by atoms with Crippen molar-refractivity contribution in [2.45, 2.75) is 13.8 Å². The lowest BCUT2D eigenvalue weighted by Gasteiger charge is -2.18. The van der Waals surface area contributed by atoms with E-state index in [-0.39, 0.29) is 0 Å². The van der Waals surface area contributed by atoms with Crippen LogP contribution in [0.1, 0.15) is 22.3 Å². The minimum absolute atomic E-state index is 0.333. The van der Waals surface area contributed by atoms with Gasteiger partial charge in [0, 0.05) is 26.9 Å². The van der Waals surface area contributed by atoms with E-state index in [1.807, 2.05) is 42.5 Å². The molecule has 0 fully saturated rings. The van der Waals surface area contributed by atoms with E-state index in [9.17, 15) is 10.5 Å². The SMILES string of the molecule is Cc1ccc2c(c1)c1cc(C)ccc1n2-c1cc(C#N)c(C#N)cc1-n1c2ccccc2c2c3oc4ccccc4c3ccc21. The minimum Gasteiger partial charge on any atom is -0.455 e. The van der Waals surface area contributed by atoms with Crippen LogP contribution in [-0.2, 0) is 0 Å². The molecule has 0 aliphatic rings. The van der Waals surface area contributed by atoms with Crippen molar-refractivity contribution in [2.75, 3.05) is 0 Å². The summed E-state index contributed by atoms with van der Waals surface area (Å²) in [5.41, 5.74) is 10.4. The summed E-state index contributed by atoms with van der Waals surface area (Å²) in [7, 11) is 0. The topological polar surface area (TPSA) is 70.6 Å². The molecule has 0 aliphatic heterocycles. The van der Waals surface area contributed by atoms with Crippen molar-refractivity contribution in [1.29, 1.82) is 10.5 Å². The van der Waals surface area contributed by atoms with E-state index < -0.39 is 0 Å². The molecule has 9 aromatic rings. The van der Waals surface area contributed by atoms with Gasteiger partial charge in [-0.25, -0.2) is 0 Å². The van der Waals surface area contributed by atoms with Crippen LogP contribution in [0.4, 0.5) is 0 Å². The molecule has 0 N–H and O–H groups in total. The Morgan fingerprint density at radius 1 is 0.511 bits per heavy atom. The third kappa shape index (κ3) is 3.41. The highest BCUT2D eigenvalue weighted by atomic mass is 16.3. The Hall–Kier alpha value is -6.30. The molecule has 210 valence electrons. The Kier molecular flexibility index (Phi) is 5.10. The standard InChI is InChI=1S/C40H24N4O/c1-23-11-14-33-30(17-23)31-18-24(2)12-15-34(31)43(33)36-19-25(21-41)26(22-42)20-37(36)44-32-9-5-3-8-29(32)39-35(44)16-13-28-27-7-4-6-10-38(27)45-40(28)39/h3-20H,1-2H3. The van der Waals surface area contributed by atoms with Crippen molar-refractivity contribution in [3.05, 3.63) is 131 Å². The van der Waals surface area contributed by atoms with E-state index >= 15 is 0 Å². The highest BCUT2D eigenvalue weighted by Gasteiger charge is 2.23. The average Bonchev–Trinajstić information content (AvgIpc) is 3.71. The molecule has 0 saturated heterocycles. The van der Waals surface area contributed by atoms with Crippen LogP contribution in [0.25, 0.3) is 76.9 Å². The lowest BCUT2D eigenvalue weighted by molar-refractivity contribution is 0.673. The molecule has 3 heterocycles. The first-order valence-electron chi connectivity index (χ1n) is 14.9. The first kappa shape index (κ1) is 25.2. The van der Waals surface area contributed by atoms with Crippen LogP contribution in [0, 0.1) is 36.5 Å². The number of para-hydroxylation sites is 2. The van der Waals surface area contributed by atoms with Crippen LogP contribution in [0.15, 0.2) is 114 Å².